The molecule has 1 fully saturated rings. The van der Waals surface area contributed by atoms with Crippen molar-refractivity contribution in [1.29, 1.82) is 0 Å². The number of nitrogen functional groups attached to an aromatic ring is 1. The van der Waals surface area contributed by atoms with Gasteiger partial charge < -0.3 is 15.8 Å². The van der Waals surface area contributed by atoms with Gasteiger partial charge in [-0.15, -0.1) is 0 Å². The summed E-state index contributed by atoms with van der Waals surface area (Å²) in [5.41, 5.74) is 6.28. The summed E-state index contributed by atoms with van der Waals surface area (Å²) in [5.74, 6) is -0.301. The van der Waals surface area contributed by atoms with Crippen molar-refractivity contribution in [2.24, 2.45) is 0 Å². The molecular formula is C17H26N2O2. The fraction of sp³-hybridized carbons (Fsp3) is 0.588. The van der Waals surface area contributed by atoms with Crippen LogP contribution in [-0.2, 0) is 4.74 Å². The molecule has 0 bridgehead atoms. The van der Waals surface area contributed by atoms with Crippen molar-refractivity contribution in [2.75, 3.05) is 12.3 Å². The number of hydrogen-bond donors (Lipinski definition) is 2. The Balaban J connectivity index is 1.84. The molecule has 1 aliphatic rings. The summed E-state index contributed by atoms with van der Waals surface area (Å²) in [5, 5.41) is 3.53. The van der Waals surface area contributed by atoms with E-state index in [2.05, 4.69) is 5.32 Å². The maximum atomic E-state index is 12.1. The highest BCUT2D eigenvalue weighted by molar-refractivity contribution is 5.90. The normalized spacial score (nSPS) is 16.7. The molecule has 1 aromatic carbocycles. The largest absolute Gasteiger partial charge is 0.455 e. The van der Waals surface area contributed by atoms with Gasteiger partial charge in [-0.3, -0.25) is 0 Å². The van der Waals surface area contributed by atoms with Crippen LogP contribution < -0.4 is 11.1 Å². The van der Waals surface area contributed by atoms with Crippen LogP contribution >= 0.6 is 0 Å². The van der Waals surface area contributed by atoms with Crippen LogP contribution in [0.1, 0.15) is 56.3 Å². The minimum Gasteiger partial charge on any atom is -0.455 e. The number of carbonyl (C=O) groups excluding carboxylic acids is 1. The van der Waals surface area contributed by atoms with Gasteiger partial charge in [0.1, 0.15) is 5.60 Å². The van der Waals surface area contributed by atoms with E-state index in [-0.39, 0.29) is 5.97 Å². The van der Waals surface area contributed by atoms with Crippen LogP contribution in [0.2, 0.25) is 0 Å². The van der Waals surface area contributed by atoms with E-state index < -0.39 is 5.60 Å². The van der Waals surface area contributed by atoms with Gasteiger partial charge in [0.2, 0.25) is 0 Å². The highest BCUT2D eigenvalue weighted by atomic mass is 16.6. The lowest BCUT2D eigenvalue weighted by Gasteiger charge is -2.30. The van der Waals surface area contributed by atoms with Gasteiger partial charge >= 0.3 is 5.97 Å². The highest BCUT2D eigenvalue weighted by Gasteiger charge is 2.25. The summed E-state index contributed by atoms with van der Waals surface area (Å²) in [6, 6.07) is 7.38. The molecule has 21 heavy (non-hydrogen) atoms. The third kappa shape index (κ3) is 5.05. The summed E-state index contributed by atoms with van der Waals surface area (Å²) < 4.78 is 5.61. The van der Waals surface area contributed by atoms with Gasteiger partial charge in [0.15, 0.2) is 0 Å². The van der Waals surface area contributed by atoms with Crippen LogP contribution in [0.4, 0.5) is 5.69 Å². The monoisotopic (exact) mass is 290 g/mol. The van der Waals surface area contributed by atoms with Crippen LogP contribution in [0.3, 0.4) is 0 Å². The van der Waals surface area contributed by atoms with Crippen molar-refractivity contribution in [2.45, 2.75) is 57.6 Å². The molecule has 0 spiro atoms. The third-order valence-corrected chi connectivity index (χ3v) is 3.94. The van der Waals surface area contributed by atoms with Gasteiger partial charge in [0.25, 0.3) is 0 Å². The van der Waals surface area contributed by atoms with E-state index in [4.69, 9.17) is 10.5 Å². The number of rotatable bonds is 5. The number of hydrogen-bond acceptors (Lipinski definition) is 4. The molecule has 1 saturated carbocycles. The van der Waals surface area contributed by atoms with Crippen LogP contribution in [0, 0.1) is 0 Å². The molecule has 0 heterocycles. The van der Waals surface area contributed by atoms with Crippen molar-refractivity contribution >= 4 is 11.7 Å². The number of nitrogens with one attached hydrogen (secondary N) is 1. The fourth-order valence-corrected chi connectivity index (χ4v) is 2.66. The Morgan fingerprint density at radius 1 is 1.24 bits per heavy atom. The van der Waals surface area contributed by atoms with Crippen molar-refractivity contribution in [3.05, 3.63) is 29.8 Å². The third-order valence-electron chi connectivity index (χ3n) is 3.94. The number of anilines is 1. The van der Waals surface area contributed by atoms with Gasteiger partial charge in [-0.1, -0.05) is 19.3 Å². The minimum absolute atomic E-state index is 0.301. The van der Waals surface area contributed by atoms with E-state index in [1.54, 1.807) is 24.3 Å². The Bertz CT molecular complexity index is 462. The number of esters is 1. The quantitative estimate of drug-likeness (QED) is 0.646. The summed E-state index contributed by atoms with van der Waals surface area (Å²) in [4.78, 5) is 12.1. The Morgan fingerprint density at radius 3 is 2.48 bits per heavy atom. The zero-order valence-electron chi connectivity index (χ0n) is 13.0. The van der Waals surface area contributed by atoms with E-state index in [0.29, 0.717) is 23.8 Å². The first-order chi connectivity index (χ1) is 9.96. The molecule has 0 unspecified atom stereocenters. The molecular weight excluding hydrogens is 264 g/mol. The average molecular weight is 290 g/mol. The van der Waals surface area contributed by atoms with E-state index in [1.165, 1.54) is 32.1 Å². The highest BCUT2D eigenvalue weighted by Crippen LogP contribution is 2.19. The summed E-state index contributed by atoms with van der Waals surface area (Å²) in [6.45, 7) is 4.56. The molecule has 0 atom stereocenters. The first-order valence-corrected chi connectivity index (χ1v) is 7.78. The van der Waals surface area contributed by atoms with E-state index in [9.17, 15) is 4.79 Å². The molecule has 4 heteroatoms. The molecule has 2 rings (SSSR count). The summed E-state index contributed by atoms with van der Waals surface area (Å²) in [7, 11) is 0. The second-order valence-electron chi connectivity index (χ2n) is 6.49. The molecule has 0 aromatic heterocycles. The van der Waals surface area contributed by atoms with Crippen LogP contribution in [0.25, 0.3) is 0 Å². The van der Waals surface area contributed by atoms with Crippen LogP contribution in [-0.4, -0.2) is 24.2 Å². The zero-order chi connectivity index (χ0) is 15.3. The average Bonchev–Trinajstić information content (AvgIpc) is 2.46. The first kappa shape index (κ1) is 15.8. The van der Waals surface area contributed by atoms with Gasteiger partial charge in [-0.2, -0.15) is 0 Å². The topological polar surface area (TPSA) is 64.3 Å². The van der Waals surface area contributed by atoms with Gasteiger partial charge in [0.05, 0.1) is 5.56 Å². The fourth-order valence-electron chi connectivity index (χ4n) is 2.66. The smallest absolute Gasteiger partial charge is 0.338 e. The number of carbonyl (C=O) groups is 1. The Kier molecular flexibility index (Phi) is 5.23. The van der Waals surface area contributed by atoms with Crippen molar-refractivity contribution in [3.63, 3.8) is 0 Å². The molecule has 3 N–H and O–H groups in total. The molecule has 1 aromatic rings. The SMILES string of the molecule is CC(C)(CNC1CCCCC1)OC(=O)c1ccc(N)cc1. The second-order valence-corrected chi connectivity index (χ2v) is 6.49. The van der Waals surface area contributed by atoms with Crippen molar-refractivity contribution in [3.8, 4) is 0 Å². The molecule has 4 nitrogen and oxygen atoms in total. The zero-order valence-corrected chi connectivity index (χ0v) is 13.0. The first-order valence-electron chi connectivity index (χ1n) is 7.78. The standard InChI is InChI=1S/C17H26N2O2/c1-17(2,12-19-15-6-4-3-5-7-15)21-16(20)13-8-10-14(18)11-9-13/h8-11,15,19H,3-7,12,18H2,1-2H3. The molecule has 116 valence electrons. The van der Waals surface area contributed by atoms with Crippen molar-refractivity contribution in [1.82, 2.24) is 5.32 Å². The van der Waals surface area contributed by atoms with E-state index in [1.807, 2.05) is 13.8 Å². The van der Waals surface area contributed by atoms with E-state index >= 15 is 0 Å². The maximum Gasteiger partial charge on any atom is 0.338 e. The van der Waals surface area contributed by atoms with Crippen LogP contribution in [0.5, 0.6) is 0 Å². The summed E-state index contributed by atoms with van der Waals surface area (Å²) in [6.07, 6.45) is 6.38. The Labute approximate surface area is 127 Å². The van der Waals surface area contributed by atoms with Gasteiger partial charge in [-0.05, 0) is 51.0 Å². The number of nitrogens with two attached hydrogens (primary N) is 1. The predicted molar refractivity (Wildman–Crippen MR) is 85.2 cm³/mol. The molecule has 0 saturated heterocycles. The number of ether oxygens (including phenoxy) is 1. The molecule has 0 radical (unpaired) electrons. The van der Waals surface area contributed by atoms with Gasteiger partial charge in [-0.25, -0.2) is 4.79 Å². The molecule has 0 amide bonds. The second kappa shape index (κ2) is 6.94. The maximum absolute atomic E-state index is 12.1. The van der Waals surface area contributed by atoms with Gasteiger partial charge in [0, 0.05) is 18.3 Å². The lowest BCUT2D eigenvalue weighted by molar-refractivity contribution is -0.00192. The lowest BCUT2D eigenvalue weighted by Crippen LogP contribution is -2.44. The predicted octanol–water partition coefficient (Wildman–Crippen LogP) is 3.13. The Hall–Kier alpha value is -1.55. The number of benzene rings is 1. The van der Waals surface area contributed by atoms with Crippen LogP contribution in [0.15, 0.2) is 24.3 Å². The summed E-state index contributed by atoms with van der Waals surface area (Å²) >= 11 is 0. The molecule has 1 aliphatic carbocycles. The van der Waals surface area contributed by atoms with E-state index in [0.717, 1.165) is 0 Å². The Morgan fingerprint density at radius 2 is 1.86 bits per heavy atom. The molecule has 0 aliphatic heterocycles. The minimum atomic E-state index is -0.518. The van der Waals surface area contributed by atoms with Crippen molar-refractivity contribution < 1.29 is 9.53 Å². The lowest BCUT2D eigenvalue weighted by atomic mass is 9.95.